The van der Waals surface area contributed by atoms with E-state index in [1.807, 2.05) is 0 Å². The molecule has 1 spiro atoms. The summed E-state index contributed by atoms with van der Waals surface area (Å²) in [6.07, 6.45) is -2.54. The predicted molar refractivity (Wildman–Crippen MR) is 95.0 cm³/mol. The lowest BCUT2D eigenvalue weighted by Crippen LogP contribution is -2.56. The van der Waals surface area contributed by atoms with E-state index in [9.17, 15) is 22.4 Å². The number of ether oxygens (including phenoxy) is 1. The number of likely N-dealkylation sites (tertiary alicyclic amines) is 1. The number of nitrogens with zero attached hydrogens (tertiary/aromatic N) is 3. The topological polar surface area (TPSA) is 59.4 Å². The van der Waals surface area contributed by atoms with Crippen LogP contribution in [-0.4, -0.2) is 47.1 Å². The molecule has 2 aliphatic heterocycles. The predicted octanol–water partition coefficient (Wildman–Crippen LogP) is 2.78. The van der Waals surface area contributed by atoms with Crippen molar-refractivity contribution in [3.8, 4) is 5.88 Å². The van der Waals surface area contributed by atoms with Crippen LogP contribution in [0.3, 0.4) is 0 Å². The zero-order valence-electron chi connectivity index (χ0n) is 15.7. The molecule has 1 amide bonds. The molecule has 2 aromatic heterocycles. The summed E-state index contributed by atoms with van der Waals surface area (Å²) in [7, 11) is 1.35. The number of rotatable bonds is 2. The highest BCUT2D eigenvalue weighted by atomic mass is 19.4. The van der Waals surface area contributed by atoms with Gasteiger partial charge in [0.05, 0.1) is 18.8 Å². The van der Waals surface area contributed by atoms with Crippen molar-refractivity contribution in [3.63, 3.8) is 0 Å². The lowest BCUT2D eigenvalue weighted by molar-refractivity contribution is -0.144. The first-order chi connectivity index (χ1) is 13.7. The molecule has 0 bridgehead atoms. The molecule has 0 saturated carbocycles. The molecule has 1 saturated heterocycles. The first-order valence-corrected chi connectivity index (χ1v) is 9.26. The number of piperidine rings is 1. The number of pyridine rings is 1. The van der Waals surface area contributed by atoms with Gasteiger partial charge in [-0.3, -0.25) is 4.79 Å². The number of aromatic nitrogens is 2. The molecule has 10 heteroatoms. The highest BCUT2D eigenvalue weighted by Gasteiger charge is 2.44. The SMILES string of the molecule is COc1ncc(F)cc1C(=O)N1CCC2(CC1)NCCn1c(C(F)(F)F)ccc12. The fourth-order valence-electron chi connectivity index (χ4n) is 4.31. The molecule has 0 aromatic carbocycles. The average Bonchev–Trinajstić information content (AvgIpc) is 3.14. The molecular weight excluding hydrogens is 392 g/mol. The van der Waals surface area contributed by atoms with Crippen molar-refractivity contribution in [1.29, 1.82) is 0 Å². The van der Waals surface area contributed by atoms with E-state index in [0.29, 0.717) is 38.2 Å². The van der Waals surface area contributed by atoms with Gasteiger partial charge in [0.25, 0.3) is 5.91 Å². The Hall–Kier alpha value is -2.62. The third-order valence-corrected chi connectivity index (χ3v) is 5.71. The Labute approximate surface area is 164 Å². The Morgan fingerprint density at radius 2 is 1.97 bits per heavy atom. The van der Waals surface area contributed by atoms with Gasteiger partial charge in [0, 0.05) is 31.9 Å². The van der Waals surface area contributed by atoms with Crippen LogP contribution in [0.25, 0.3) is 0 Å². The summed E-state index contributed by atoms with van der Waals surface area (Å²) in [5.41, 5.74) is -0.651. The Kier molecular flexibility index (Phi) is 4.76. The molecule has 2 aliphatic rings. The van der Waals surface area contributed by atoms with Crippen molar-refractivity contribution in [1.82, 2.24) is 19.8 Å². The number of methoxy groups -OCH3 is 1. The zero-order chi connectivity index (χ0) is 20.8. The minimum atomic E-state index is -4.41. The minimum Gasteiger partial charge on any atom is -0.480 e. The molecule has 2 aromatic rings. The van der Waals surface area contributed by atoms with Crippen LogP contribution in [0.5, 0.6) is 5.88 Å². The van der Waals surface area contributed by atoms with Crippen LogP contribution < -0.4 is 10.1 Å². The maximum Gasteiger partial charge on any atom is 0.431 e. The van der Waals surface area contributed by atoms with Gasteiger partial charge < -0.3 is 19.5 Å². The quantitative estimate of drug-likeness (QED) is 0.771. The highest BCUT2D eigenvalue weighted by molar-refractivity contribution is 5.96. The van der Waals surface area contributed by atoms with E-state index in [4.69, 9.17) is 4.74 Å². The van der Waals surface area contributed by atoms with E-state index in [0.717, 1.165) is 18.3 Å². The number of alkyl halides is 3. The normalized spacial score (nSPS) is 18.6. The second-order valence-electron chi connectivity index (χ2n) is 7.26. The maximum absolute atomic E-state index is 13.6. The van der Waals surface area contributed by atoms with Crippen molar-refractivity contribution in [2.45, 2.75) is 31.1 Å². The van der Waals surface area contributed by atoms with Crippen LogP contribution in [0, 0.1) is 5.82 Å². The van der Waals surface area contributed by atoms with Crippen molar-refractivity contribution >= 4 is 5.91 Å². The summed E-state index contributed by atoms with van der Waals surface area (Å²) in [5, 5.41) is 3.36. The van der Waals surface area contributed by atoms with Gasteiger partial charge in [-0.2, -0.15) is 13.2 Å². The van der Waals surface area contributed by atoms with Crippen molar-refractivity contribution < 1.29 is 27.1 Å². The monoisotopic (exact) mass is 412 g/mol. The summed E-state index contributed by atoms with van der Waals surface area (Å²) in [6.45, 7) is 1.30. The van der Waals surface area contributed by atoms with E-state index in [-0.39, 0.29) is 18.0 Å². The molecule has 29 heavy (non-hydrogen) atoms. The van der Waals surface area contributed by atoms with Gasteiger partial charge in [-0.1, -0.05) is 0 Å². The van der Waals surface area contributed by atoms with Crippen LogP contribution in [0.4, 0.5) is 17.6 Å². The molecular formula is C19H20F4N4O2. The number of carbonyl (C=O) groups excluding carboxylic acids is 1. The van der Waals surface area contributed by atoms with E-state index < -0.39 is 29.1 Å². The first-order valence-electron chi connectivity index (χ1n) is 9.26. The van der Waals surface area contributed by atoms with Gasteiger partial charge >= 0.3 is 6.18 Å². The third-order valence-electron chi connectivity index (χ3n) is 5.71. The first kappa shape index (κ1) is 19.7. The second kappa shape index (κ2) is 7.01. The average molecular weight is 412 g/mol. The number of halogens is 4. The Morgan fingerprint density at radius 3 is 2.62 bits per heavy atom. The molecule has 156 valence electrons. The Balaban J connectivity index is 1.56. The molecule has 0 atom stereocenters. The summed E-state index contributed by atoms with van der Waals surface area (Å²) in [5.74, 6) is -1.02. The minimum absolute atomic E-state index is 0.0304. The molecule has 4 heterocycles. The van der Waals surface area contributed by atoms with Gasteiger partial charge in [0.1, 0.15) is 17.1 Å². The van der Waals surface area contributed by atoms with Gasteiger partial charge in [0.15, 0.2) is 0 Å². The van der Waals surface area contributed by atoms with Gasteiger partial charge in [-0.15, -0.1) is 0 Å². The standard InChI is InChI=1S/C19H20F4N4O2/c1-29-16-13(10-12(20)11-24-16)17(28)26-7-4-18(5-8-26)14-2-3-15(19(21,22)23)27(14)9-6-25-18/h2-3,10-11,25H,4-9H2,1H3. The summed E-state index contributed by atoms with van der Waals surface area (Å²) in [4.78, 5) is 18.2. The van der Waals surface area contributed by atoms with Gasteiger partial charge in [0.2, 0.25) is 5.88 Å². The summed E-state index contributed by atoms with van der Waals surface area (Å²) in [6, 6.07) is 3.72. The third kappa shape index (κ3) is 3.35. The van der Waals surface area contributed by atoms with Gasteiger partial charge in [-0.05, 0) is 31.0 Å². The molecule has 4 rings (SSSR count). The van der Waals surface area contributed by atoms with E-state index in [2.05, 4.69) is 10.3 Å². The highest BCUT2D eigenvalue weighted by Crippen LogP contribution is 2.40. The van der Waals surface area contributed by atoms with Crippen LogP contribution in [0.2, 0.25) is 0 Å². The summed E-state index contributed by atoms with van der Waals surface area (Å²) < 4.78 is 59.8. The van der Waals surface area contributed by atoms with Crippen LogP contribution in [0.1, 0.15) is 34.6 Å². The van der Waals surface area contributed by atoms with E-state index >= 15 is 0 Å². The number of fused-ring (bicyclic) bond motifs is 2. The Bertz CT molecular complexity index is 933. The lowest BCUT2D eigenvalue weighted by atomic mass is 9.83. The maximum atomic E-state index is 13.6. The van der Waals surface area contributed by atoms with Crippen LogP contribution in [0.15, 0.2) is 24.4 Å². The second-order valence-corrected chi connectivity index (χ2v) is 7.26. The number of carbonyl (C=O) groups is 1. The van der Waals surface area contributed by atoms with E-state index in [1.165, 1.54) is 17.7 Å². The lowest BCUT2D eigenvalue weighted by Gasteiger charge is -2.45. The van der Waals surface area contributed by atoms with E-state index in [1.54, 1.807) is 4.90 Å². The molecule has 6 nitrogen and oxygen atoms in total. The molecule has 1 fully saturated rings. The Morgan fingerprint density at radius 1 is 1.24 bits per heavy atom. The number of nitrogens with one attached hydrogen (secondary N) is 1. The van der Waals surface area contributed by atoms with Gasteiger partial charge in [-0.25, -0.2) is 9.37 Å². The van der Waals surface area contributed by atoms with Crippen LogP contribution >= 0.6 is 0 Å². The van der Waals surface area contributed by atoms with Crippen molar-refractivity contribution in [2.75, 3.05) is 26.7 Å². The summed E-state index contributed by atoms with van der Waals surface area (Å²) >= 11 is 0. The van der Waals surface area contributed by atoms with Crippen molar-refractivity contribution in [3.05, 3.63) is 47.2 Å². The molecule has 0 radical (unpaired) electrons. The van der Waals surface area contributed by atoms with Crippen molar-refractivity contribution in [2.24, 2.45) is 0 Å². The number of hydrogen-bond acceptors (Lipinski definition) is 4. The zero-order valence-corrected chi connectivity index (χ0v) is 15.7. The number of amides is 1. The molecule has 0 aliphatic carbocycles. The van der Waals surface area contributed by atoms with Crippen LogP contribution in [-0.2, 0) is 18.3 Å². The fourth-order valence-corrected chi connectivity index (χ4v) is 4.31. The number of hydrogen-bond donors (Lipinski definition) is 1. The molecule has 0 unspecified atom stereocenters. The molecule has 1 N–H and O–H groups in total. The fraction of sp³-hybridized carbons (Fsp3) is 0.474. The smallest absolute Gasteiger partial charge is 0.431 e. The largest absolute Gasteiger partial charge is 0.480 e.